The Bertz CT molecular complexity index is 738. The third-order valence-electron chi connectivity index (χ3n) is 3.56. The Hall–Kier alpha value is -3.20. The van der Waals surface area contributed by atoms with Crippen molar-refractivity contribution in [2.75, 3.05) is 26.9 Å². The van der Waals surface area contributed by atoms with Gasteiger partial charge in [-0.05, 0) is 36.2 Å². The molecule has 0 saturated heterocycles. The molecule has 0 unspecified atom stereocenters. The molecular weight excluding hydrogens is 332 g/mol. The summed E-state index contributed by atoms with van der Waals surface area (Å²) in [6.07, 6.45) is 0.598. The van der Waals surface area contributed by atoms with Crippen LogP contribution in [0.15, 0.2) is 48.5 Å². The predicted molar refractivity (Wildman–Crippen MR) is 97.4 cm³/mol. The normalized spacial score (nSPS) is 9.85. The number of carbonyl (C=O) groups excluding carboxylic acids is 1. The number of nitriles is 1. The summed E-state index contributed by atoms with van der Waals surface area (Å²) in [6, 6.07) is 16.9. The number of methoxy groups -OCH3 is 1. The van der Waals surface area contributed by atoms with Crippen LogP contribution in [0.1, 0.15) is 12.0 Å². The van der Waals surface area contributed by atoms with E-state index < -0.39 is 0 Å². The number of benzene rings is 2. The van der Waals surface area contributed by atoms with E-state index in [4.69, 9.17) is 19.5 Å². The quantitative estimate of drug-likeness (QED) is 0.664. The third-order valence-corrected chi connectivity index (χ3v) is 3.56. The number of amides is 1. The van der Waals surface area contributed by atoms with E-state index in [0.717, 1.165) is 22.8 Å². The van der Waals surface area contributed by atoms with Gasteiger partial charge in [-0.1, -0.05) is 18.2 Å². The van der Waals surface area contributed by atoms with Crippen molar-refractivity contribution in [1.29, 1.82) is 5.26 Å². The highest BCUT2D eigenvalue weighted by molar-refractivity contribution is 5.77. The molecule has 2 aromatic carbocycles. The van der Waals surface area contributed by atoms with Crippen LogP contribution in [-0.4, -0.2) is 32.8 Å². The van der Waals surface area contributed by atoms with E-state index in [-0.39, 0.29) is 12.3 Å². The summed E-state index contributed by atoms with van der Waals surface area (Å²) in [5, 5.41) is 11.1. The van der Waals surface area contributed by atoms with Crippen molar-refractivity contribution >= 4 is 5.91 Å². The number of hydrogen-bond acceptors (Lipinski definition) is 5. The fourth-order valence-corrected chi connectivity index (χ4v) is 2.24. The molecule has 1 amide bonds. The first-order chi connectivity index (χ1) is 12.7. The number of hydrogen-bond donors (Lipinski definition) is 1. The highest BCUT2D eigenvalue weighted by Gasteiger charge is 2.01. The molecule has 0 aliphatic rings. The Morgan fingerprint density at radius 2 is 1.73 bits per heavy atom. The van der Waals surface area contributed by atoms with Gasteiger partial charge in [0, 0.05) is 12.6 Å². The van der Waals surface area contributed by atoms with Gasteiger partial charge in [0.25, 0.3) is 0 Å². The highest BCUT2D eigenvalue weighted by atomic mass is 16.5. The average Bonchev–Trinajstić information content (AvgIpc) is 2.67. The van der Waals surface area contributed by atoms with Crippen LogP contribution in [0.4, 0.5) is 0 Å². The van der Waals surface area contributed by atoms with Gasteiger partial charge in [0.1, 0.15) is 36.9 Å². The van der Waals surface area contributed by atoms with Crippen LogP contribution in [-0.2, 0) is 11.2 Å². The van der Waals surface area contributed by atoms with E-state index in [1.807, 2.05) is 54.6 Å². The van der Waals surface area contributed by atoms with Gasteiger partial charge in [0.2, 0.25) is 5.91 Å². The zero-order chi connectivity index (χ0) is 18.6. The lowest BCUT2D eigenvalue weighted by molar-refractivity contribution is -0.120. The number of carbonyl (C=O) groups is 1. The summed E-state index contributed by atoms with van der Waals surface area (Å²) in [7, 11) is 1.62. The van der Waals surface area contributed by atoms with Gasteiger partial charge >= 0.3 is 0 Å². The zero-order valence-corrected chi connectivity index (χ0v) is 14.7. The maximum absolute atomic E-state index is 11.2. The topological polar surface area (TPSA) is 80.6 Å². The van der Waals surface area contributed by atoms with Gasteiger partial charge in [-0.15, -0.1) is 0 Å². The van der Waals surface area contributed by atoms with Gasteiger partial charge in [-0.2, -0.15) is 5.26 Å². The fourth-order valence-electron chi connectivity index (χ4n) is 2.24. The van der Waals surface area contributed by atoms with Crippen LogP contribution in [0, 0.1) is 11.3 Å². The Labute approximate surface area is 153 Å². The molecule has 6 nitrogen and oxygen atoms in total. The Kier molecular flexibility index (Phi) is 7.81. The molecule has 2 aromatic rings. The van der Waals surface area contributed by atoms with Crippen molar-refractivity contribution in [2.24, 2.45) is 0 Å². The molecule has 0 fully saturated rings. The molecule has 136 valence electrons. The number of ether oxygens (including phenoxy) is 3. The molecule has 0 spiro atoms. The number of rotatable bonds is 10. The van der Waals surface area contributed by atoms with E-state index >= 15 is 0 Å². The van der Waals surface area contributed by atoms with Gasteiger partial charge in [-0.25, -0.2) is 0 Å². The first-order valence-corrected chi connectivity index (χ1v) is 8.33. The molecule has 0 atom stereocenters. The summed E-state index contributed by atoms with van der Waals surface area (Å²) >= 11 is 0. The third kappa shape index (κ3) is 6.73. The Balaban J connectivity index is 1.67. The van der Waals surface area contributed by atoms with Crippen LogP contribution in [0.2, 0.25) is 0 Å². The molecule has 0 aliphatic carbocycles. The molecule has 0 saturated carbocycles. The van der Waals surface area contributed by atoms with Crippen molar-refractivity contribution < 1.29 is 19.0 Å². The molecule has 0 radical (unpaired) electrons. The maximum atomic E-state index is 11.2. The van der Waals surface area contributed by atoms with E-state index in [1.165, 1.54) is 0 Å². The SMILES string of the molecule is COc1cccc(OCCOc2ccc(CCNC(=O)CC#N)cc2)c1. The minimum absolute atomic E-state index is 0.107. The van der Waals surface area contributed by atoms with Crippen molar-refractivity contribution in [3.63, 3.8) is 0 Å². The molecule has 26 heavy (non-hydrogen) atoms. The Morgan fingerprint density at radius 3 is 2.42 bits per heavy atom. The van der Waals surface area contributed by atoms with Crippen LogP contribution in [0.3, 0.4) is 0 Å². The minimum atomic E-state index is -0.247. The highest BCUT2D eigenvalue weighted by Crippen LogP contribution is 2.19. The molecular formula is C20H22N2O4. The monoisotopic (exact) mass is 354 g/mol. The van der Waals surface area contributed by atoms with Crippen LogP contribution in [0.25, 0.3) is 0 Å². The second-order valence-corrected chi connectivity index (χ2v) is 5.45. The number of nitrogens with one attached hydrogen (secondary N) is 1. The first-order valence-electron chi connectivity index (χ1n) is 8.33. The predicted octanol–water partition coefficient (Wildman–Crippen LogP) is 2.73. The summed E-state index contributed by atoms with van der Waals surface area (Å²) < 4.78 is 16.4. The van der Waals surface area contributed by atoms with Crippen molar-refractivity contribution in [3.05, 3.63) is 54.1 Å². The fraction of sp³-hybridized carbons (Fsp3) is 0.300. The van der Waals surface area contributed by atoms with E-state index in [2.05, 4.69) is 5.32 Å². The summed E-state index contributed by atoms with van der Waals surface area (Å²) in [4.78, 5) is 11.2. The lowest BCUT2D eigenvalue weighted by Gasteiger charge is -2.10. The van der Waals surface area contributed by atoms with Crippen LogP contribution < -0.4 is 19.5 Å². The van der Waals surface area contributed by atoms with Gasteiger partial charge in [-0.3, -0.25) is 4.79 Å². The van der Waals surface area contributed by atoms with Crippen molar-refractivity contribution in [3.8, 4) is 23.3 Å². The van der Waals surface area contributed by atoms with Gasteiger partial charge in [0.05, 0.1) is 13.2 Å². The number of nitrogens with zero attached hydrogens (tertiary/aromatic N) is 1. The van der Waals surface area contributed by atoms with E-state index in [0.29, 0.717) is 26.2 Å². The molecule has 1 N–H and O–H groups in total. The van der Waals surface area contributed by atoms with Crippen molar-refractivity contribution in [1.82, 2.24) is 5.32 Å². The second-order valence-electron chi connectivity index (χ2n) is 5.45. The zero-order valence-electron chi connectivity index (χ0n) is 14.7. The van der Waals surface area contributed by atoms with Crippen molar-refractivity contribution in [2.45, 2.75) is 12.8 Å². The van der Waals surface area contributed by atoms with Crippen LogP contribution in [0.5, 0.6) is 17.2 Å². The maximum Gasteiger partial charge on any atom is 0.234 e. The van der Waals surface area contributed by atoms with Gasteiger partial charge < -0.3 is 19.5 Å². The largest absolute Gasteiger partial charge is 0.497 e. The molecule has 0 aliphatic heterocycles. The van der Waals surface area contributed by atoms with E-state index in [1.54, 1.807) is 7.11 Å². The first kappa shape index (κ1) is 19.1. The smallest absolute Gasteiger partial charge is 0.234 e. The standard InChI is InChI=1S/C20H22N2O4/c1-24-18-3-2-4-19(15-18)26-14-13-25-17-7-5-16(6-8-17)10-12-22-20(23)9-11-21/h2-8,15H,9-10,12-14H2,1H3,(H,22,23). The lowest BCUT2D eigenvalue weighted by Crippen LogP contribution is -2.24. The lowest BCUT2D eigenvalue weighted by atomic mass is 10.1. The molecule has 0 aromatic heterocycles. The Morgan fingerprint density at radius 1 is 1.04 bits per heavy atom. The molecule has 6 heteroatoms. The summed E-state index contributed by atoms with van der Waals surface area (Å²) in [5.74, 6) is 2.00. The molecule has 2 rings (SSSR count). The molecule has 0 bridgehead atoms. The summed E-state index contributed by atoms with van der Waals surface area (Å²) in [5.41, 5.74) is 1.09. The second kappa shape index (κ2) is 10.6. The van der Waals surface area contributed by atoms with Crippen LogP contribution >= 0.6 is 0 Å². The minimum Gasteiger partial charge on any atom is -0.497 e. The van der Waals surface area contributed by atoms with E-state index in [9.17, 15) is 4.79 Å². The van der Waals surface area contributed by atoms with Gasteiger partial charge in [0.15, 0.2) is 0 Å². The average molecular weight is 354 g/mol. The molecule has 0 heterocycles. The summed E-state index contributed by atoms with van der Waals surface area (Å²) in [6.45, 7) is 1.37.